The summed E-state index contributed by atoms with van der Waals surface area (Å²) in [4.78, 5) is 0.263. The molecule has 2 heterocycles. The van der Waals surface area contributed by atoms with Gasteiger partial charge in [0.05, 0.1) is 12.3 Å². The van der Waals surface area contributed by atoms with Crippen LogP contribution in [0.4, 0.5) is 10.7 Å². The van der Waals surface area contributed by atoms with Crippen molar-refractivity contribution in [3.63, 3.8) is 0 Å². The number of hydrogen-bond donors (Lipinski definition) is 2. The van der Waals surface area contributed by atoms with Crippen molar-refractivity contribution in [1.82, 2.24) is 0 Å². The molecule has 0 aliphatic carbocycles. The molecule has 0 amide bonds. The first-order valence-electron chi connectivity index (χ1n) is 5.77. The lowest BCUT2D eigenvalue weighted by Crippen LogP contribution is -2.15. The molecule has 6 nitrogen and oxygen atoms in total. The Morgan fingerprint density at radius 1 is 1.63 bits per heavy atom. The number of nitrogen functional groups attached to an aromatic ring is 1. The van der Waals surface area contributed by atoms with Crippen molar-refractivity contribution in [2.45, 2.75) is 11.3 Å². The zero-order valence-corrected chi connectivity index (χ0v) is 12.1. The van der Waals surface area contributed by atoms with E-state index < -0.39 is 9.84 Å². The Morgan fingerprint density at radius 2 is 2.37 bits per heavy atom. The Hall–Kier alpha value is -1.30. The van der Waals surface area contributed by atoms with Crippen molar-refractivity contribution in [2.24, 2.45) is 5.92 Å². The van der Waals surface area contributed by atoms with Crippen molar-refractivity contribution in [2.75, 3.05) is 37.1 Å². The summed E-state index contributed by atoms with van der Waals surface area (Å²) in [6.45, 7) is 2.03. The summed E-state index contributed by atoms with van der Waals surface area (Å²) < 4.78 is 28.8. The van der Waals surface area contributed by atoms with E-state index in [1.165, 1.54) is 0 Å². The molecule has 1 unspecified atom stereocenters. The maximum atomic E-state index is 11.8. The van der Waals surface area contributed by atoms with Crippen LogP contribution in [0.15, 0.2) is 4.90 Å². The fraction of sp³-hybridized carbons (Fsp3) is 0.545. The van der Waals surface area contributed by atoms with Crippen molar-refractivity contribution in [3.8, 4) is 6.07 Å². The number of anilines is 2. The van der Waals surface area contributed by atoms with E-state index in [1.807, 2.05) is 6.07 Å². The standard InChI is InChI=1S/C11H15N3O3S2/c1-19(15,16)10-9(13)8(4-12)18-11(10)14-5-7-2-3-17-6-7/h7,14H,2-3,5-6,13H2,1H3. The van der Waals surface area contributed by atoms with Gasteiger partial charge in [-0.05, 0) is 6.42 Å². The molecule has 0 spiro atoms. The fourth-order valence-electron chi connectivity index (χ4n) is 1.98. The molecule has 1 atom stereocenters. The van der Waals surface area contributed by atoms with E-state index in [1.54, 1.807) is 0 Å². The number of ether oxygens (including phenoxy) is 1. The Bertz CT molecular complexity index is 610. The van der Waals surface area contributed by atoms with Crippen LogP contribution < -0.4 is 11.1 Å². The molecule has 3 N–H and O–H groups in total. The van der Waals surface area contributed by atoms with Gasteiger partial charge in [-0.2, -0.15) is 5.26 Å². The third-order valence-electron chi connectivity index (χ3n) is 2.95. The van der Waals surface area contributed by atoms with Crippen LogP contribution >= 0.6 is 11.3 Å². The summed E-state index contributed by atoms with van der Waals surface area (Å²) in [5, 5.41) is 12.5. The summed E-state index contributed by atoms with van der Waals surface area (Å²) in [7, 11) is -3.46. The van der Waals surface area contributed by atoms with Crippen molar-refractivity contribution in [1.29, 1.82) is 5.26 Å². The predicted octanol–water partition coefficient (Wildman–Crippen LogP) is 1.05. The lowest BCUT2D eigenvalue weighted by atomic mass is 10.1. The van der Waals surface area contributed by atoms with E-state index in [-0.39, 0.29) is 15.5 Å². The van der Waals surface area contributed by atoms with Gasteiger partial charge in [-0.25, -0.2) is 8.42 Å². The molecule has 1 aromatic heterocycles. The van der Waals surface area contributed by atoms with Crippen molar-refractivity contribution in [3.05, 3.63) is 4.88 Å². The fourth-order valence-corrected chi connectivity index (χ4v) is 4.35. The summed E-state index contributed by atoms with van der Waals surface area (Å²) in [5.74, 6) is 0.362. The summed E-state index contributed by atoms with van der Waals surface area (Å²) in [5.41, 5.74) is 5.77. The van der Waals surface area contributed by atoms with Crippen LogP contribution in [-0.4, -0.2) is 34.4 Å². The highest BCUT2D eigenvalue weighted by Crippen LogP contribution is 2.38. The number of rotatable bonds is 4. The molecule has 1 aliphatic rings. The Balaban J connectivity index is 2.26. The maximum absolute atomic E-state index is 11.8. The van der Waals surface area contributed by atoms with E-state index in [2.05, 4.69) is 5.32 Å². The Labute approximate surface area is 116 Å². The van der Waals surface area contributed by atoms with Gasteiger partial charge in [0.25, 0.3) is 0 Å². The van der Waals surface area contributed by atoms with Gasteiger partial charge in [0.1, 0.15) is 20.8 Å². The maximum Gasteiger partial charge on any atom is 0.180 e. The molecule has 8 heteroatoms. The number of thiophene rings is 1. The van der Waals surface area contributed by atoms with Gasteiger partial charge in [-0.3, -0.25) is 0 Å². The molecule has 1 aliphatic heterocycles. The minimum absolute atomic E-state index is 0.0352. The summed E-state index contributed by atoms with van der Waals surface area (Å²) in [6, 6.07) is 1.92. The van der Waals surface area contributed by atoms with Gasteiger partial charge in [0.15, 0.2) is 9.84 Å². The van der Waals surface area contributed by atoms with Crippen molar-refractivity contribution >= 4 is 31.9 Å². The largest absolute Gasteiger partial charge is 0.396 e. The highest BCUT2D eigenvalue weighted by atomic mass is 32.2. The minimum Gasteiger partial charge on any atom is -0.396 e. The molecule has 0 radical (unpaired) electrons. The number of hydrogen-bond acceptors (Lipinski definition) is 7. The molecule has 0 saturated carbocycles. The first-order valence-corrected chi connectivity index (χ1v) is 8.48. The van der Waals surface area contributed by atoms with Crippen LogP contribution in [-0.2, 0) is 14.6 Å². The molecular formula is C11H15N3O3S2. The topological polar surface area (TPSA) is 105 Å². The second kappa shape index (κ2) is 5.36. The third-order valence-corrected chi connectivity index (χ3v) is 5.31. The van der Waals surface area contributed by atoms with Crippen molar-refractivity contribution < 1.29 is 13.2 Å². The van der Waals surface area contributed by atoms with E-state index in [4.69, 9.17) is 15.7 Å². The molecule has 104 valence electrons. The van der Waals surface area contributed by atoms with E-state index in [0.29, 0.717) is 24.1 Å². The van der Waals surface area contributed by atoms with Crippen LogP contribution in [0.1, 0.15) is 11.3 Å². The zero-order chi connectivity index (χ0) is 14.0. The third kappa shape index (κ3) is 3.00. The molecule has 1 fully saturated rings. The summed E-state index contributed by atoms with van der Waals surface area (Å²) in [6.07, 6.45) is 2.05. The van der Waals surface area contributed by atoms with Gasteiger partial charge in [-0.1, -0.05) is 0 Å². The van der Waals surface area contributed by atoms with E-state index in [9.17, 15) is 8.42 Å². The van der Waals surface area contributed by atoms with E-state index >= 15 is 0 Å². The predicted molar refractivity (Wildman–Crippen MR) is 74.0 cm³/mol. The minimum atomic E-state index is -3.46. The average Bonchev–Trinajstić information content (AvgIpc) is 2.92. The first-order chi connectivity index (χ1) is 8.93. The van der Waals surface area contributed by atoms with Gasteiger partial charge >= 0.3 is 0 Å². The zero-order valence-electron chi connectivity index (χ0n) is 10.5. The average molecular weight is 301 g/mol. The Morgan fingerprint density at radius 3 is 2.89 bits per heavy atom. The second-order valence-corrected chi connectivity index (χ2v) is 7.47. The van der Waals surface area contributed by atoms with Gasteiger partial charge < -0.3 is 15.8 Å². The molecule has 2 rings (SSSR count). The van der Waals surface area contributed by atoms with Crippen LogP contribution in [0.3, 0.4) is 0 Å². The molecular weight excluding hydrogens is 286 g/mol. The number of sulfone groups is 1. The lowest BCUT2D eigenvalue weighted by Gasteiger charge is -2.10. The lowest BCUT2D eigenvalue weighted by molar-refractivity contribution is 0.187. The number of nitrogens with one attached hydrogen (secondary N) is 1. The number of nitriles is 1. The quantitative estimate of drug-likeness (QED) is 0.861. The molecule has 1 saturated heterocycles. The van der Waals surface area contributed by atoms with Crippen LogP contribution in [0.2, 0.25) is 0 Å². The van der Waals surface area contributed by atoms with Gasteiger partial charge in [0, 0.05) is 25.3 Å². The van der Waals surface area contributed by atoms with Crippen LogP contribution in [0.25, 0.3) is 0 Å². The highest BCUT2D eigenvalue weighted by molar-refractivity contribution is 7.91. The monoisotopic (exact) mass is 301 g/mol. The molecule has 0 aromatic carbocycles. The van der Waals surface area contributed by atoms with E-state index in [0.717, 1.165) is 30.6 Å². The molecule has 1 aromatic rings. The van der Waals surface area contributed by atoms with Crippen LogP contribution in [0, 0.1) is 17.2 Å². The normalized spacial score (nSPS) is 19.3. The summed E-state index contributed by atoms with van der Waals surface area (Å²) >= 11 is 1.08. The smallest absolute Gasteiger partial charge is 0.180 e. The van der Waals surface area contributed by atoms with Gasteiger partial charge in [0.2, 0.25) is 0 Å². The highest BCUT2D eigenvalue weighted by Gasteiger charge is 2.25. The first kappa shape index (κ1) is 14.1. The van der Waals surface area contributed by atoms with Gasteiger partial charge in [-0.15, -0.1) is 11.3 Å². The second-order valence-electron chi connectivity index (χ2n) is 4.50. The van der Waals surface area contributed by atoms with Crippen LogP contribution in [0.5, 0.6) is 0 Å². The number of nitrogens with zero attached hydrogens (tertiary/aromatic N) is 1. The molecule has 19 heavy (non-hydrogen) atoms. The SMILES string of the molecule is CS(=O)(=O)c1c(NCC2CCOC2)sc(C#N)c1N. The number of nitrogens with two attached hydrogens (primary N) is 1. The molecule has 0 bridgehead atoms. The Kier molecular flexibility index (Phi) is 3.99.